The molecule has 0 bridgehead atoms. The number of nitrogens with zero attached hydrogens (tertiary/aromatic N) is 2. The molecule has 8 heteroatoms. The van der Waals surface area contributed by atoms with E-state index in [1.807, 2.05) is 0 Å². The third-order valence-electron chi connectivity index (χ3n) is 3.43. The molecule has 1 N–H and O–H groups in total. The van der Waals surface area contributed by atoms with Gasteiger partial charge in [0.05, 0.1) is 12.1 Å². The maximum atomic E-state index is 12.7. The summed E-state index contributed by atoms with van der Waals surface area (Å²) >= 11 is 5.82. The van der Waals surface area contributed by atoms with Gasteiger partial charge in [0.2, 0.25) is 0 Å². The Hall–Kier alpha value is -2.12. The molecule has 0 spiro atoms. The summed E-state index contributed by atoms with van der Waals surface area (Å²) in [5, 5.41) is 13.1. The predicted octanol–water partition coefficient (Wildman–Crippen LogP) is 3.78. The van der Waals surface area contributed by atoms with Gasteiger partial charge in [0.15, 0.2) is 0 Å². The Morgan fingerprint density at radius 1 is 1.09 bits per heavy atom. The first-order valence-electron chi connectivity index (χ1n) is 6.55. The number of halogens is 4. The van der Waals surface area contributed by atoms with Gasteiger partial charge in [0.1, 0.15) is 5.15 Å². The molecular formula is C15H10ClF3N2O2. The van der Waals surface area contributed by atoms with Gasteiger partial charge in [-0.05, 0) is 28.8 Å². The molecule has 1 aromatic heterocycles. The van der Waals surface area contributed by atoms with E-state index in [2.05, 4.69) is 15.0 Å². The SMILES string of the molecule is OC1(C(F)(F)F)CC(c2ccc(-c3ccnc(Cl)c3)cc2)=NO1. The van der Waals surface area contributed by atoms with Gasteiger partial charge >= 0.3 is 12.0 Å². The number of rotatable bonds is 2. The number of hydrogen-bond donors (Lipinski definition) is 1. The van der Waals surface area contributed by atoms with E-state index in [4.69, 9.17) is 11.6 Å². The molecule has 1 aliphatic heterocycles. The average molecular weight is 343 g/mol. The second-order valence-electron chi connectivity index (χ2n) is 5.03. The van der Waals surface area contributed by atoms with Crippen LogP contribution in [0.25, 0.3) is 11.1 Å². The van der Waals surface area contributed by atoms with Crippen LogP contribution < -0.4 is 0 Å². The Bertz CT molecular complexity index is 762. The molecule has 120 valence electrons. The quantitative estimate of drug-likeness (QED) is 0.845. The molecule has 0 saturated carbocycles. The fourth-order valence-electron chi connectivity index (χ4n) is 2.17. The molecule has 0 saturated heterocycles. The Balaban J connectivity index is 1.82. The van der Waals surface area contributed by atoms with Crippen molar-refractivity contribution in [1.82, 2.24) is 4.98 Å². The molecule has 1 aromatic carbocycles. The van der Waals surface area contributed by atoms with Gasteiger partial charge in [-0.3, -0.25) is 0 Å². The standard InChI is InChI=1S/C15H10ClF3N2O2/c16-13-7-11(5-6-20-13)9-1-3-10(4-2-9)12-8-14(22,23-21-12)15(17,18)19/h1-7,22H,8H2. The third kappa shape index (κ3) is 3.02. The van der Waals surface area contributed by atoms with Crippen LogP contribution in [0.15, 0.2) is 47.8 Å². The third-order valence-corrected chi connectivity index (χ3v) is 3.64. The highest BCUT2D eigenvalue weighted by Gasteiger charge is 2.60. The van der Waals surface area contributed by atoms with E-state index in [9.17, 15) is 18.3 Å². The minimum atomic E-state index is -4.91. The van der Waals surface area contributed by atoms with Gasteiger partial charge in [-0.25, -0.2) is 4.98 Å². The maximum Gasteiger partial charge on any atom is 0.458 e. The molecule has 2 heterocycles. The number of benzene rings is 1. The number of aliphatic hydroxyl groups is 1. The van der Waals surface area contributed by atoms with E-state index < -0.39 is 18.4 Å². The van der Waals surface area contributed by atoms with Crippen LogP contribution >= 0.6 is 11.6 Å². The van der Waals surface area contributed by atoms with Crippen molar-refractivity contribution in [2.75, 3.05) is 0 Å². The van der Waals surface area contributed by atoms with E-state index in [0.29, 0.717) is 10.7 Å². The van der Waals surface area contributed by atoms with Crippen molar-refractivity contribution < 1.29 is 23.1 Å². The fourth-order valence-corrected chi connectivity index (χ4v) is 2.34. The van der Waals surface area contributed by atoms with Gasteiger partial charge in [-0.1, -0.05) is 41.0 Å². The molecule has 4 nitrogen and oxygen atoms in total. The number of pyridine rings is 1. The van der Waals surface area contributed by atoms with Crippen LogP contribution in [0.1, 0.15) is 12.0 Å². The zero-order valence-electron chi connectivity index (χ0n) is 11.5. The molecule has 1 atom stereocenters. The lowest BCUT2D eigenvalue weighted by molar-refractivity contribution is -0.355. The van der Waals surface area contributed by atoms with Crippen LogP contribution in [0, 0.1) is 0 Å². The summed E-state index contributed by atoms with van der Waals surface area (Å²) in [5.41, 5.74) is 2.12. The lowest BCUT2D eigenvalue weighted by Gasteiger charge is -2.22. The van der Waals surface area contributed by atoms with Crippen molar-refractivity contribution in [3.63, 3.8) is 0 Å². The van der Waals surface area contributed by atoms with Crippen LogP contribution in [0.2, 0.25) is 5.15 Å². The van der Waals surface area contributed by atoms with Gasteiger partial charge in [0, 0.05) is 6.20 Å². The molecule has 0 fully saturated rings. The van der Waals surface area contributed by atoms with Crippen LogP contribution in [-0.4, -0.2) is 27.8 Å². The number of alkyl halides is 3. The van der Waals surface area contributed by atoms with Gasteiger partial charge in [0.25, 0.3) is 0 Å². The molecule has 1 aliphatic rings. The molecule has 1 unspecified atom stereocenters. The second-order valence-corrected chi connectivity index (χ2v) is 5.42. The molecule has 0 aliphatic carbocycles. The highest BCUT2D eigenvalue weighted by Crippen LogP contribution is 2.39. The molecule has 0 amide bonds. The topological polar surface area (TPSA) is 54.7 Å². The van der Waals surface area contributed by atoms with E-state index in [1.54, 1.807) is 42.6 Å². The summed E-state index contributed by atoms with van der Waals surface area (Å²) in [6.45, 7) is 0. The minimum absolute atomic E-state index is 0.0316. The van der Waals surface area contributed by atoms with Gasteiger partial charge in [-0.15, -0.1) is 0 Å². The van der Waals surface area contributed by atoms with Crippen molar-refractivity contribution >= 4 is 17.3 Å². The van der Waals surface area contributed by atoms with Gasteiger partial charge < -0.3 is 9.94 Å². The van der Waals surface area contributed by atoms with Crippen LogP contribution in [0.5, 0.6) is 0 Å². The van der Waals surface area contributed by atoms with Crippen LogP contribution in [0.4, 0.5) is 13.2 Å². The largest absolute Gasteiger partial charge is 0.458 e. The van der Waals surface area contributed by atoms with Crippen molar-refractivity contribution in [1.29, 1.82) is 0 Å². The minimum Gasteiger partial charge on any atom is -0.350 e. The molecule has 2 aromatic rings. The highest BCUT2D eigenvalue weighted by molar-refractivity contribution is 6.29. The number of hydrogen-bond acceptors (Lipinski definition) is 4. The monoisotopic (exact) mass is 342 g/mol. The smallest absolute Gasteiger partial charge is 0.350 e. The zero-order valence-corrected chi connectivity index (χ0v) is 12.3. The Morgan fingerprint density at radius 3 is 2.30 bits per heavy atom. The predicted molar refractivity (Wildman–Crippen MR) is 77.9 cm³/mol. The summed E-state index contributed by atoms with van der Waals surface area (Å²) in [6.07, 6.45) is -4.10. The van der Waals surface area contributed by atoms with E-state index in [1.165, 1.54) is 0 Å². The van der Waals surface area contributed by atoms with Crippen molar-refractivity contribution in [3.8, 4) is 11.1 Å². The van der Waals surface area contributed by atoms with Crippen LogP contribution in [0.3, 0.4) is 0 Å². The summed E-state index contributed by atoms with van der Waals surface area (Å²) in [5.74, 6) is -3.26. The lowest BCUT2D eigenvalue weighted by Crippen LogP contribution is -2.45. The summed E-state index contributed by atoms with van der Waals surface area (Å²) in [4.78, 5) is 8.08. The molecule has 23 heavy (non-hydrogen) atoms. The average Bonchev–Trinajstić information content (AvgIpc) is 2.91. The van der Waals surface area contributed by atoms with Gasteiger partial charge in [-0.2, -0.15) is 13.2 Å². The number of oxime groups is 1. The first kappa shape index (κ1) is 15.8. The van der Waals surface area contributed by atoms with Crippen molar-refractivity contribution in [2.24, 2.45) is 5.16 Å². The fraction of sp³-hybridized carbons (Fsp3) is 0.200. The molecule has 0 radical (unpaired) electrons. The van der Waals surface area contributed by atoms with E-state index in [-0.39, 0.29) is 5.71 Å². The molecular weight excluding hydrogens is 333 g/mol. The normalized spacial score (nSPS) is 21.0. The van der Waals surface area contributed by atoms with E-state index >= 15 is 0 Å². The molecule has 3 rings (SSSR count). The summed E-state index contributed by atoms with van der Waals surface area (Å²) in [7, 11) is 0. The van der Waals surface area contributed by atoms with Crippen molar-refractivity contribution in [2.45, 2.75) is 18.4 Å². The highest BCUT2D eigenvalue weighted by atomic mass is 35.5. The Labute approximate surface area is 134 Å². The second kappa shape index (κ2) is 5.50. The number of aromatic nitrogens is 1. The first-order chi connectivity index (χ1) is 10.8. The summed E-state index contributed by atoms with van der Waals surface area (Å²) in [6, 6.07) is 10.1. The van der Waals surface area contributed by atoms with Crippen LogP contribution in [-0.2, 0) is 4.84 Å². The Morgan fingerprint density at radius 2 is 1.74 bits per heavy atom. The first-order valence-corrected chi connectivity index (χ1v) is 6.93. The maximum absolute atomic E-state index is 12.7. The lowest BCUT2D eigenvalue weighted by atomic mass is 9.99. The summed E-state index contributed by atoms with van der Waals surface area (Å²) < 4.78 is 38.1. The zero-order chi connectivity index (χ0) is 16.7. The van der Waals surface area contributed by atoms with E-state index in [0.717, 1.165) is 11.1 Å². The Kier molecular flexibility index (Phi) is 3.77. The van der Waals surface area contributed by atoms with Crippen molar-refractivity contribution in [3.05, 3.63) is 53.3 Å².